The molecule has 0 aromatic heterocycles. The van der Waals surface area contributed by atoms with E-state index in [1.54, 1.807) is 0 Å². The Morgan fingerprint density at radius 3 is 1.97 bits per heavy atom. The van der Waals surface area contributed by atoms with Crippen LogP contribution < -0.4 is 0 Å². The molecule has 176 valence electrons. The van der Waals surface area contributed by atoms with E-state index in [-0.39, 0.29) is 6.61 Å². The van der Waals surface area contributed by atoms with Crippen LogP contribution in [-0.4, -0.2) is 41.3 Å². The molecule has 0 aromatic carbocycles. The van der Waals surface area contributed by atoms with Gasteiger partial charge < -0.3 is 24.4 Å². The zero-order chi connectivity index (χ0) is 23.0. The third-order valence-electron chi connectivity index (χ3n) is 5.02. The number of ether oxygens (including phenoxy) is 3. The topological polar surface area (TPSA) is 85.2 Å². The molecule has 6 heteroatoms. The van der Waals surface area contributed by atoms with Gasteiger partial charge in [0.25, 0.3) is 0 Å². The molecule has 2 aliphatic rings. The van der Waals surface area contributed by atoms with Gasteiger partial charge in [0.15, 0.2) is 18.2 Å². The first-order chi connectivity index (χ1) is 15.6. The largest absolute Gasteiger partial charge is 0.505 e. The molecule has 0 spiro atoms. The van der Waals surface area contributed by atoms with E-state index < -0.39 is 36.0 Å². The maximum atomic E-state index is 11.3. The van der Waals surface area contributed by atoms with Gasteiger partial charge in [-0.05, 0) is 51.4 Å². The lowest BCUT2D eigenvalue weighted by atomic mass is 10.2. The van der Waals surface area contributed by atoms with Gasteiger partial charge in [-0.3, -0.25) is 0 Å². The summed E-state index contributed by atoms with van der Waals surface area (Å²) >= 11 is 0. The van der Waals surface area contributed by atoms with Gasteiger partial charge in [0, 0.05) is 0 Å². The van der Waals surface area contributed by atoms with Crippen LogP contribution in [0.4, 0.5) is 0 Å². The van der Waals surface area contributed by atoms with E-state index in [4.69, 9.17) is 14.2 Å². The van der Waals surface area contributed by atoms with Crippen LogP contribution in [0.5, 0.6) is 0 Å². The predicted octanol–water partition coefficient (Wildman–Crippen LogP) is 5.90. The fraction of sp³-hybridized carbons (Fsp3) is 0.500. The maximum Gasteiger partial charge on any atom is 0.377 e. The average Bonchev–Trinajstić information content (AvgIpc) is 3.36. The van der Waals surface area contributed by atoms with Crippen molar-refractivity contribution in [3.05, 3.63) is 72.3 Å². The van der Waals surface area contributed by atoms with E-state index in [9.17, 15) is 15.0 Å². The second-order valence-electron chi connectivity index (χ2n) is 7.64. The number of unbranched alkanes of at least 4 members (excludes halogenated alkanes) is 1. The van der Waals surface area contributed by atoms with Gasteiger partial charge in [-0.15, -0.1) is 0 Å². The van der Waals surface area contributed by atoms with Crippen LogP contribution in [0, 0.1) is 0 Å². The van der Waals surface area contributed by atoms with E-state index >= 15 is 0 Å². The number of hydrogen-bond acceptors (Lipinski definition) is 6. The molecule has 2 heterocycles. The zero-order valence-corrected chi connectivity index (χ0v) is 18.9. The van der Waals surface area contributed by atoms with E-state index in [1.807, 2.05) is 0 Å². The van der Waals surface area contributed by atoms with Gasteiger partial charge >= 0.3 is 5.97 Å². The Bertz CT molecular complexity index is 743. The highest BCUT2D eigenvalue weighted by atomic mass is 16.7. The molecule has 0 radical (unpaired) electrons. The number of allylic oxidation sites excluding steroid dienone is 10. The number of cyclic esters (lactones) is 1. The lowest BCUT2D eigenvalue weighted by Gasteiger charge is -2.16. The number of carbonyl (C=O) groups excluding carboxylic acids is 1. The van der Waals surface area contributed by atoms with Crippen molar-refractivity contribution in [3.8, 4) is 0 Å². The molecule has 2 aliphatic heterocycles. The first-order valence-electron chi connectivity index (χ1n) is 11.5. The highest BCUT2D eigenvalue weighted by Crippen LogP contribution is 2.28. The Hall–Kier alpha value is -2.57. The fourth-order valence-electron chi connectivity index (χ4n) is 3.28. The minimum Gasteiger partial charge on any atom is -0.505 e. The van der Waals surface area contributed by atoms with Crippen molar-refractivity contribution in [2.75, 3.05) is 6.61 Å². The van der Waals surface area contributed by atoms with E-state index in [2.05, 4.69) is 67.7 Å². The van der Waals surface area contributed by atoms with Gasteiger partial charge in [-0.1, -0.05) is 67.7 Å². The van der Waals surface area contributed by atoms with Gasteiger partial charge in [0.05, 0.1) is 6.61 Å². The molecule has 0 amide bonds. The summed E-state index contributed by atoms with van der Waals surface area (Å²) in [5, 5.41) is 19.1. The fourth-order valence-corrected chi connectivity index (χ4v) is 3.28. The van der Waals surface area contributed by atoms with Crippen molar-refractivity contribution in [2.24, 2.45) is 0 Å². The normalized spacial score (nSPS) is 24.5. The summed E-state index contributed by atoms with van der Waals surface area (Å²) in [6.07, 6.45) is 27.3. The second-order valence-corrected chi connectivity index (χ2v) is 7.64. The third-order valence-corrected chi connectivity index (χ3v) is 5.02. The Morgan fingerprint density at radius 2 is 1.44 bits per heavy atom. The van der Waals surface area contributed by atoms with Crippen molar-refractivity contribution >= 4 is 5.97 Å². The van der Waals surface area contributed by atoms with Crippen LogP contribution in [0.2, 0.25) is 0 Å². The summed E-state index contributed by atoms with van der Waals surface area (Å²) in [4.78, 5) is 11.3. The summed E-state index contributed by atoms with van der Waals surface area (Å²) in [6.45, 7) is 2.35. The molecule has 0 bridgehead atoms. The van der Waals surface area contributed by atoms with E-state index in [1.165, 1.54) is 0 Å². The van der Waals surface area contributed by atoms with Crippen LogP contribution >= 0.6 is 0 Å². The van der Waals surface area contributed by atoms with Crippen LogP contribution in [0.25, 0.3) is 0 Å². The SMILES string of the molecule is CC/C=C\C/C=C\C/C=C\C/C=C\C/C=C\CCCC1OC[C@@H]([C@H]2OC(=O)C(O)=C2O)O1. The Balaban J connectivity index is 1.47. The van der Waals surface area contributed by atoms with Gasteiger partial charge in [-0.25, -0.2) is 4.79 Å². The number of aliphatic hydroxyl groups is 2. The number of carbonyl (C=O) groups is 1. The molecule has 0 aliphatic carbocycles. The smallest absolute Gasteiger partial charge is 0.377 e. The molecule has 1 unspecified atom stereocenters. The summed E-state index contributed by atoms with van der Waals surface area (Å²) < 4.78 is 16.1. The van der Waals surface area contributed by atoms with Gasteiger partial charge in [-0.2, -0.15) is 0 Å². The first kappa shape index (κ1) is 25.7. The Labute approximate surface area is 191 Å². The lowest BCUT2D eigenvalue weighted by Crippen LogP contribution is -2.31. The van der Waals surface area contributed by atoms with Crippen LogP contribution in [-0.2, 0) is 19.0 Å². The zero-order valence-electron chi connectivity index (χ0n) is 18.9. The van der Waals surface area contributed by atoms with Crippen molar-refractivity contribution in [1.82, 2.24) is 0 Å². The molecule has 2 N–H and O–H groups in total. The predicted molar refractivity (Wildman–Crippen MR) is 125 cm³/mol. The lowest BCUT2D eigenvalue weighted by molar-refractivity contribution is -0.149. The molecule has 2 rings (SSSR count). The minimum atomic E-state index is -0.988. The number of rotatable bonds is 14. The molecule has 0 aromatic rings. The van der Waals surface area contributed by atoms with Crippen molar-refractivity contribution < 1.29 is 29.2 Å². The number of hydrogen-bond donors (Lipinski definition) is 2. The first-order valence-corrected chi connectivity index (χ1v) is 11.5. The highest BCUT2D eigenvalue weighted by Gasteiger charge is 2.44. The van der Waals surface area contributed by atoms with Crippen molar-refractivity contribution in [3.63, 3.8) is 0 Å². The molecule has 0 saturated carbocycles. The summed E-state index contributed by atoms with van der Waals surface area (Å²) in [6, 6.07) is 0. The van der Waals surface area contributed by atoms with Crippen LogP contribution in [0.1, 0.15) is 58.3 Å². The molecule has 6 nitrogen and oxygen atoms in total. The Morgan fingerprint density at radius 1 is 0.875 bits per heavy atom. The standard InChI is InChI=1S/C26H36O6/c1-2-3-4-5-6-7-8-9-10-11-12-13-14-15-16-17-18-19-22-30-20-21(31-22)25-23(27)24(28)26(29)32-25/h3-4,6-7,9-10,12-13,15-16,21-22,25,27-28H,2,5,8,11,14,17-20H2,1H3/b4-3-,7-6-,10-9-,13-12-,16-15-/t21-,22?,25+/m0/s1. The third kappa shape index (κ3) is 9.28. The summed E-state index contributed by atoms with van der Waals surface area (Å²) in [7, 11) is 0. The van der Waals surface area contributed by atoms with Gasteiger partial charge in [0.1, 0.15) is 6.10 Å². The number of esters is 1. The summed E-state index contributed by atoms with van der Waals surface area (Å²) in [5.74, 6) is -2.17. The van der Waals surface area contributed by atoms with E-state index in [0.717, 1.165) is 44.9 Å². The average molecular weight is 445 g/mol. The van der Waals surface area contributed by atoms with Crippen molar-refractivity contribution in [2.45, 2.75) is 76.8 Å². The number of aliphatic hydroxyl groups excluding tert-OH is 2. The maximum absolute atomic E-state index is 11.3. The molecule has 3 atom stereocenters. The Kier molecular flexibility index (Phi) is 12.3. The second kappa shape index (κ2) is 15.3. The van der Waals surface area contributed by atoms with Crippen LogP contribution in [0.15, 0.2) is 72.3 Å². The van der Waals surface area contributed by atoms with Gasteiger partial charge in [0.2, 0.25) is 5.76 Å². The quantitative estimate of drug-likeness (QED) is 0.197. The molecular weight excluding hydrogens is 408 g/mol. The monoisotopic (exact) mass is 444 g/mol. The molecule has 1 fully saturated rings. The minimum absolute atomic E-state index is 0.210. The van der Waals surface area contributed by atoms with Crippen molar-refractivity contribution in [1.29, 1.82) is 0 Å². The summed E-state index contributed by atoms with van der Waals surface area (Å²) in [5.41, 5.74) is 0. The molecule has 1 saturated heterocycles. The molecular formula is C26H36O6. The highest BCUT2D eigenvalue weighted by molar-refractivity contribution is 5.89. The van der Waals surface area contributed by atoms with E-state index in [0.29, 0.717) is 6.42 Å². The molecule has 32 heavy (non-hydrogen) atoms. The van der Waals surface area contributed by atoms with Crippen LogP contribution in [0.3, 0.4) is 0 Å².